The summed E-state index contributed by atoms with van der Waals surface area (Å²) in [5, 5.41) is -0.349. The van der Waals surface area contributed by atoms with E-state index in [4.69, 9.17) is 8.92 Å². The molecule has 1 heterocycles. The summed E-state index contributed by atoms with van der Waals surface area (Å²) in [4.78, 5) is 26.7. The van der Waals surface area contributed by atoms with Crippen LogP contribution in [-0.2, 0) is 21.5 Å². The summed E-state index contributed by atoms with van der Waals surface area (Å²) in [5.41, 5.74) is 1.45. The van der Waals surface area contributed by atoms with Gasteiger partial charge in [-0.15, -0.1) is 0 Å². The van der Waals surface area contributed by atoms with Gasteiger partial charge in [-0.3, -0.25) is 14.5 Å². The molecule has 0 N–H and O–H groups in total. The van der Waals surface area contributed by atoms with Gasteiger partial charge in [-0.25, -0.2) is 0 Å². The fraction of sp³-hybridized carbons (Fsp3) is 0.0833. The summed E-state index contributed by atoms with van der Waals surface area (Å²) in [5.74, 6) is 0.271. The normalized spacial score (nSPS) is 15.1. The van der Waals surface area contributed by atoms with Crippen molar-refractivity contribution >= 4 is 55.0 Å². The molecule has 1 aliphatic rings. The first kappa shape index (κ1) is 24.1. The van der Waals surface area contributed by atoms with Crippen molar-refractivity contribution in [1.82, 2.24) is 4.90 Å². The van der Waals surface area contributed by atoms with Crippen molar-refractivity contribution in [1.29, 1.82) is 0 Å². The van der Waals surface area contributed by atoms with Crippen molar-refractivity contribution in [3.05, 3.63) is 93.3 Å². The summed E-state index contributed by atoms with van der Waals surface area (Å²) < 4.78 is 36.0. The van der Waals surface area contributed by atoms with Crippen LogP contribution in [0.3, 0.4) is 0 Å². The van der Waals surface area contributed by atoms with Crippen LogP contribution < -0.4 is 8.92 Å². The molecule has 0 atom stereocenters. The molecule has 3 aromatic rings. The molecule has 174 valence electrons. The van der Waals surface area contributed by atoms with Gasteiger partial charge >= 0.3 is 10.1 Å². The lowest BCUT2D eigenvalue weighted by molar-refractivity contribution is -0.123. The van der Waals surface area contributed by atoms with Crippen molar-refractivity contribution in [3.63, 3.8) is 0 Å². The average molecular weight is 560 g/mol. The zero-order valence-electron chi connectivity index (χ0n) is 17.8. The lowest BCUT2D eigenvalue weighted by Crippen LogP contribution is -2.27. The number of methoxy groups -OCH3 is 1. The van der Waals surface area contributed by atoms with Crippen molar-refractivity contribution in [2.24, 2.45) is 0 Å². The molecule has 0 bridgehead atoms. The number of ether oxygens (including phenoxy) is 1. The Kier molecular flexibility index (Phi) is 7.11. The Bertz CT molecular complexity index is 1370. The quantitative estimate of drug-likeness (QED) is 0.280. The van der Waals surface area contributed by atoms with E-state index in [9.17, 15) is 18.0 Å². The number of carbonyl (C=O) groups is 2. The predicted molar refractivity (Wildman–Crippen MR) is 133 cm³/mol. The highest BCUT2D eigenvalue weighted by Crippen LogP contribution is 2.34. The van der Waals surface area contributed by atoms with Crippen LogP contribution in [-0.4, -0.2) is 31.6 Å². The summed E-state index contributed by atoms with van der Waals surface area (Å²) in [7, 11) is -2.52. The van der Waals surface area contributed by atoms with E-state index in [1.807, 2.05) is 24.3 Å². The van der Waals surface area contributed by atoms with Gasteiger partial charge in [-0.2, -0.15) is 8.42 Å². The van der Waals surface area contributed by atoms with E-state index < -0.39 is 10.1 Å². The lowest BCUT2D eigenvalue weighted by Gasteiger charge is -2.13. The third-order valence-corrected chi connectivity index (χ3v) is 7.83. The highest BCUT2D eigenvalue weighted by molar-refractivity contribution is 9.10. The molecule has 0 unspecified atom stereocenters. The second kappa shape index (κ2) is 10.0. The molecule has 34 heavy (non-hydrogen) atoms. The topological polar surface area (TPSA) is 90.0 Å². The van der Waals surface area contributed by atoms with E-state index in [1.54, 1.807) is 18.2 Å². The van der Waals surface area contributed by atoms with E-state index in [2.05, 4.69) is 15.9 Å². The minimum atomic E-state index is -4.01. The van der Waals surface area contributed by atoms with Crippen molar-refractivity contribution in [3.8, 4) is 11.5 Å². The zero-order valence-corrected chi connectivity index (χ0v) is 21.0. The second-order valence-electron chi connectivity index (χ2n) is 7.14. The minimum absolute atomic E-state index is 0.00361. The number of thioether (sulfide) groups is 1. The molecule has 1 aliphatic heterocycles. The highest BCUT2D eigenvalue weighted by atomic mass is 79.9. The fourth-order valence-corrected chi connectivity index (χ4v) is 5.30. The molecule has 4 rings (SSSR count). The van der Waals surface area contributed by atoms with E-state index in [-0.39, 0.29) is 33.2 Å². The highest BCUT2D eigenvalue weighted by Gasteiger charge is 2.35. The van der Waals surface area contributed by atoms with E-state index in [0.29, 0.717) is 11.3 Å². The van der Waals surface area contributed by atoms with Gasteiger partial charge in [0.15, 0.2) is 0 Å². The second-order valence-corrected chi connectivity index (χ2v) is 10.5. The average Bonchev–Trinajstić information content (AvgIpc) is 3.09. The molecule has 3 aromatic carbocycles. The van der Waals surface area contributed by atoms with Gasteiger partial charge in [-0.1, -0.05) is 46.3 Å². The summed E-state index contributed by atoms with van der Waals surface area (Å²) in [6.07, 6.45) is 1.59. The van der Waals surface area contributed by atoms with Gasteiger partial charge in [0.05, 0.1) is 18.6 Å². The van der Waals surface area contributed by atoms with E-state index >= 15 is 0 Å². The maximum atomic E-state index is 12.8. The minimum Gasteiger partial charge on any atom is -0.497 e. The smallest absolute Gasteiger partial charge is 0.339 e. The standard InChI is InChI=1S/C24H18BrNO6S2/c1-31-18-10-12-20(13-11-18)34(29,30)32-19-8-6-16(7-9-19)14-22-23(27)26(24(28)33-22)15-17-4-2-3-5-21(17)25/h2-14H,15H2,1H3/b22-14-. The molecule has 0 aliphatic carbocycles. The summed E-state index contributed by atoms with van der Waals surface area (Å²) in [6, 6.07) is 19.4. The first-order chi connectivity index (χ1) is 16.3. The van der Waals surface area contributed by atoms with Crippen LogP contribution in [0.2, 0.25) is 0 Å². The Morgan fingerprint density at radius 2 is 1.59 bits per heavy atom. The van der Waals surface area contributed by atoms with Crippen molar-refractivity contribution in [2.45, 2.75) is 11.4 Å². The maximum Gasteiger partial charge on any atom is 0.339 e. The summed E-state index contributed by atoms with van der Waals surface area (Å²) in [6.45, 7) is 0.166. The fourth-order valence-electron chi connectivity index (χ4n) is 3.12. The van der Waals surface area contributed by atoms with E-state index in [0.717, 1.165) is 21.8 Å². The molecule has 0 saturated carbocycles. The van der Waals surface area contributed by atoms with Gasteiger partial charge in [-0.05, 0) is 71.4 Å². The van der Waals surface area contributed by atoms with Gasteiger partial charge in [0, 0.05) is 4.47 Å². The molecule has 1 fully saturated rings. The number of nitrogens with zero attached hydrogens (tertiary/aromatic N) is 1. The molecule has 2 amide bonds. The molecule has 0 radical (unpaired) electrons. The molecular formula is C24H18BrNO6S2. The van der Waals surface area contributed by atoms with Crippen LogP contribution >= 0.6 is 27.7 Å². The van der Waals surface area contributed by atoms with Crippen LogP contribution in [0, 0.1) is 0 Å². The van der Waals surface area contributed by atoms with Gasteiger partial charge in [0.1, 0.15) is 16.4 Å². The van der Waals surface area contributed by atoms with Crippen molar-refractivity contribution < 1.29 is 26.9 Å². The largest absolute Gasteiger partial charge is 0.497 e. The van der Waals surface area contributed by atoms with Crippen LogP contribution in [0.15, 0.2) is 87.1 Å². The van der Waals surface area contributed by atoms with Crippen LogP contribution in [0.1, 0.15) is 11.1 Å². The molecule has 7 nitrogen and oxygen atoms in total. The molecular weight excluding hydrogens is 542 g/mol. The van der Waals surface area contributed by atoms with Gasteiger partial charge < -0.3 is 8.92 Å². The summed E-state index contributed by atoms with van der Waals surface area (Å²) >= 11 is 4.29. The van der Waals surface area contributed by atoms with Crippen LogP contribution in [0.25, 0.3) is 6.08 Å². The number of carbonyl (C=O) groups excluding carboxylic acids is 2. The molecule has 1 saturated heterocycles. The number of hydrogen-bond donors (Lipinski definition) is 0. The molecule has 10 heteroatoms. The maximum absolute atomic E-state index is 12.8. The Labute approximate surface area is 209 Å². The zero-order chi connectivity index (χ0) is 24.3. The first-order valence-corrected chi connectivity index (χ1v) is 13.0. The number of halogens is 1. The van der Waals surface area contributed by atoms with Crippen LogP contribution in [0.5, 0.6) is 11.5 Å². The third kappa shape index (κ3) is 5.35. The Morgan fingerprint density at radius 1 is 0.941 bits per heavy atom. The number of imide groups is 1. The third-order valence-electron chi connectivity index (χ3n) is 4.89. The molecule has 0 aromatic heterocycles. The lowest BCUT2D eigenvalue weighted by atomic mass is 10.2. The Morgan fingerprint density at radius 3 is 2.24 bits per heavy atom. The monoisotopic (exact) mass is 559 g/mol. The number of rotatable bonds is 7. The number of amides is 2. The van der Waals surface area contributed by atoms with Gasteiger partial charge in [0.25, 0.3) is 11.1 Å². The molecule has 0 spiro atoms. The van der Waals surface area contributed by atoms with Gasteiger partial charge in [0.2, 0.25) is 0 Å². The Balaban J connectivity index is 1.46. The Hall–Kier alpha value is -3.08. The van der Waals surface area contributed by atoms with E-state index in [1.165, 1.54) is 48.4 Å². The SMILES string of the molecule is COc1ccc(S(=O)(=O)Oc2ccc(/C=C3\SC(=O)N(Cc4ccccc4Br)C3=O)cc2)cc1. The van der Waals surface area contributed by atoms with Crippen molar-refractivity contribution in [2.75, 3.05) is 7.11 Å². The number of benzene rings is 3. The predicted octanol–water partition coefficient (Wildman–Crippen LogP) is 5.46. The number of hydrogen-bond acceptors (Lipinski definition) is 7. The van der Waals surface area contributed by atoms with Crippen LogP contribution in [0.4, 0.5) is 4.79 Å². The first-order valence-electron chi connectivity index (χ1n) is 9.94.